The second-order valence-electron chi connectivity index (χ2n) is 4.95. The highest BCUT2D eigenvalue weighted by atomic mass is 32.2. The van der Waals surface area contributed by atoms with E-state index in [4.69, 9.17) is 12.2 Å². The van der Waals surface area contributed by atoms with Gasteiger partial charge in [-0.15, -0.1) is 0 Å². The van der Waals surface area contributed by atoms with Crippen LogP contribution in [0, 0.1) is 0 Å². The minimum Gasteiger partial charge on any atom is -0.358 e. The Labute approximate surface area is 130 Å². The number of hydrogen-bond donors (Lipinski definition) is 1. The Balaban J connectivity index is 1.73. The van der Waals surface area contributed by atoms with Crippen LogP contribution in [0.1, 0.15) is 31.4 Å². The molecule has 1 amide bonds. The number of benzene rings is 1. The summed E-state index contributed by atoms with van der Waals surface area (Å²) in [6.07, 6.45) is 2.41. The maximum Gasteiger partial charge on any atom is 0.230 e. The molecule has 1 saturated heterocycles. The quantitative estimate of drug-likeness (QED) is 0.867. The topological polar surface area (TPSA) is 32.3 Å². The summed E-state index contributed by atoms with van der Waals surface area (Å²) in [5, 5.41) is 3.00. The third kappa shape index (κ3) is 4.49. The maximum absolute atomic E-state index is 11.9. The van der Waals surface area contributed by atoms with E-state index >= 15 is 0 Å². The van der Waals surface area contributed by atoms with Crippen LogP contribution in [0.4, 0.5) is 0 Å². The van der Waals surface area contributed by atoms with Gasteiger partial charge in [-0.1, -0.05) is 54.3 Å². The molecule has 1 aromatic carbocycles. The summed E-state index contributed by atoms with van der Waals surface area (Å²) >= 11 is 6.81. The van der Waals surface area contributed by atoms with Crippen molar-refractivity contribution in [2.24, 2.45) is 0 Å². The summed E-state index contributed by atoms with van der Waals surface area (Å²) in [6, 6.07) is 10.0. The van der Waals surface area contributed by atoms with E-state index in [0.717, 1.165) is 23.0 Å². The van der Waals surface area contributed by atoms with Crippen LogP contribution < -0.4 is 5.32 Å². The summed E-state index contributed by atoms with van der Waals surface area (Å²) < 4.78 is 0.852. The Bertz CT molecular complexity index is 458. The Morgan fingerprint density at radius 3 is 2.65 bits per heavy atom. The van der Waals surface area contributed by atoms with E-state index in [1.807, 2.05) is 37.3 Å². The lowest BCUT2D eigenvalue weighted by Crippen LogP contribution is -2.30. The monoisotopic (exact) mass is 308 g/mol. The lowest BCUT2D eigenvalue weighted by Gasteiger charge is -2.18. The molecule has 1 aliphatic rings. The number of rotatable bonds is 4. The maximum atomic E-state index is 11.9. The van der Waals surface area contributed by atoms with Gasteiger partial charge in [0, 0.05) is 13.1 Å². The molecule has 0 aromatic heterocycles. The standard InChI is InChI=1S/C15H20N2OS2/c1-12(13-7-3-2-4-8-13)16-14(18)11-20-15(19)17-9-5-6-10-17/h2-4,7-8,12H,5-6,9-11H2,1H3,(H,16,18)/t12-/m0/s1. The lowest BCUT2D eigenvalue weighted by atomic mass is 10.1. The fourth-order valence-electron chi connectivity index (χ4n) is 2.23. The van der Waals surface area contributed by atoms with Gasteiger partial charge in [-0.25, -0.2) is 0 Å². The van der Waals surface area contributed by atoms with Crippen LogP contribution in [0.3, 0.4) is 0 Å². The van der Waals surface area contributed by atoms with Crippen LogP contribution in [0.2, 0.25) is 0 Å². The van der Waals surface area contributed by atoms with Crippen molar-refractivity contribution in [3.8, 4) is 0 Å². The zero-order valence-electron chi connectivity index (χ0n) is 11.7. The number of thiocarbonyl (C=S) groups is 1. The number of carbonyl (C=O) groups excluding carboxylic acids is 1. The number of thioether (sulfide) groups is 1. The van der Waals surface area contributed by atoms with Crippen LogP contribution in [-0.2, 0) is 4.79 Å². The van der Waals surface area contributed by atoms with Gasteiger partial charge in [0.05, 0.1) is 11.8 Å². The summed E-state index contributed by atoms with van der Waals surface area (Å²) in [5.74, 6) is 0.430. The molecule has 0 saturated carbocycles. The van der Waals surface area contributed by atoms with Gasteiger partial charge >= 0.3 is 0 Å². The van der Waals surface area contributed by atoms with Gasteiger partial charge in [0.2, 0.25) is 5.91 Å². The number of nitrogens with one attached hydrogen (secondary N) is 1. The summed E-state index contributed by atoms with van der Waals surface area (Å²) in [7, 11) is 0. The van der Waals surface area contributed by atoms with Crippen molar-refractivity contribution in [3.05, 3.63) is 35.9 Å². The van der Waals surface area contributed by atoms with Crippen molar-refractivity contribution in [2.75, 3.05) is 18.8 Å². The van der Waals surface area contributed by atoms with Gasteiger partial charge in [-0.05, 0) is 25.3 Å². The molecule has 0 aliphatic carbocycles. The Morgan fingerprint density at radius 2 is 2.00 bits per heavy atom. The first-order valence-electron chi connectivity index (χ1n) is 6.93. The third-order valence-corrected chi connectivity index (χ3v) is 4.89. The Morgan fingerprint density at radius 1 is 1.35 bits per heavy atom. The first kappa shape index (κ1) is 15.3. The average molecular weight is 308 g/mol. The Kier molecular flexibility index (Phi) is 5.86. The minimum atomic E-state index is 0.0321. The Hall–Kier alpha value is -1.07. The van der Waals surface area contributed by atoms with Crippen LogP contribution in [0.5, 0.6) is 0 Å². The molecule has 1 heterocycles. The molecule has 5 heteroatoms. The van der Waals surface area contributed by atoms with Crippen molar-refractivity contribution in [1.29, 1.82) is 0 Å². The molecule has 108 valence electrons. The van der Waals surface area contributed by atoms with Gasteiger partial charge in [-0.3, -0.25) is 4.79 Å². The van der Waals surface area contributed by atoms with Crippen LogP contribution >= 0.6 is 24.0 Å². The van der Waals surface area contributed by atoms with E-state index < -0.39 is 0 Å². The zero-order chi connectivity index (χ0) is 14.4. The summed E-state index contributed by atoms with van der Waals surface area (Å²) in [4.78, 5) is 14.1. The molecule has 1 aliphatic heterocycles. The van der Waals surface area contributed by atoms with E-state index in [9.17, 15) is 4.79 Å². The molecule has 1 aromatic rings. The van der Waals surface area contributed by atoms with E-state index in [1.165, 1.54) is 24.6 Å². The highest BCUT2D eigenvalue weighted by molar-refractivity contribution is 8.23. The van der Waals surface area contributed by atoms with E-state index in [0.29, 0.717) is 5.75 Å². The summed E-state index contributed by atoms with van der Waals surface area (Å²) in [5.41, 5.74) is 1.12. The van der Waals surface area contributed by atoms with E-state index in [1.54, 1.807) is 0 Å². The third-order valence-electron chi connectivity index (χ3n) is 3.37. The van der Waals surface area contributed by atoms with Crippen LogP contribution in [0.15, 0.2) is 30.3 Å². The van der Waals surface area contributed by atoms with Gasteiger partial charge in [-0.2, -0.15) is 0 Å². The van der Waals surface area contributed by atoms with E-state index in [2.05, 4.69) is 10.2 Å². The molecule has 0 radical (unpaired) electrons. The highest BCUT2D eigenvalue weighted by Gasteiger charge is 2.16. The van der Waals surface area contributed by atoms with Crippen molar-refractivity contribution >= 4 is 34.2 Å². The number of amides is 1. The predicted octanol–water partition coefficient (Wildman–Crippen LogP) is 2.98. The molecule has 1 atom stereocenters. The average Bonchev–Trinajstić information content (AvgIpc) is 3.00. The van der Waals surface area contributed by atoms with Crippen LogP contribution in [0.25, 0.3) is 0 Å². The van der Waals surface area contributed by atoms with E-state index in [-0.39, 0.29) is 11.9 Å². The normalized spacial score (nSPS) is 15.9. The highest BCUT2D eigenvalue weighted by Crippen LogP contribution is 2.17. The van der Waals surface area contributed by atoms with Crippen molar-refractivity contribution < 1.29 is 4.79 Å². The molecular formula is C15H20N2OS2. The molecular weight excluding hydrogens is 288 g/mol. The molecule has 1 N–H and O–H groups in total. The SMILES string of the molecule is C[C@H](NC(=O)CSC(=S)N1CCCC1)c1ccccc1. The fraction of sp³-hybridized carbons (Fsp3) is 0.467. The first-order chi connectivity index (χ1) is 9.66. The first-order valence-corrected chi connectivity index (χ1v) is 8.32. The zero-order valence-corrected chi connectivity index (χ0v) is 13.3. The molecule has 3 nitrogen and oxygen atoms in total. The summed E-state index contributed by atoms with van der Waals surface area (Å²) in [6.45, 7) is 4.07. The largest absolute Gasteiger partial charge is 0.358 e. The number of nitrogens with zero attached hydrogens (tertiary/aromatic N) is 1. The molecule has 20 heavy (non-hydrogen) atoms. The fourth-order valence-corrected chi connectivity index (χ4v) is 3.29. The molecule has 0 unspecified atom stereocenters. The minimum absolute atomic E-state index is 0.0321. The number of likely N-dealkylation sites (tertiary alicyclic amines) is 1. The van der Waals surface area contributed by atoms with Crippen molar-refractivity contribution in [2.45, 2.75) is 25.8 Å². The lowest BCUT2D eigenvalue weighted by molar-refractivity contribution is -0.119. The molecule has 2 rings (SSSR count). The van der Waals surface area contributed by atoms with Gasteiger partial charge in [0.1, 0.15) is 4.32 Å². The second-order valence-corrected chi connectivity index (χ2v) is 6.56. The molecule has 0 bridgehead atoms. The number of carbonyl (C=O) groups is 1. The molecule has 1 fully saturated rings. The van der Waals surface area contributed by atoms with Crippen LogP contribution in [-0.4, -0.2) is 34.0 Å². The second kappa shape index (κ2) is 7.64. The van der Waals surface area contributed by atoms with Crippen molar-refractivity contribution in [1.82, 2.24) is 10.2 Å². The number of hydrogen-bond acceptors (Lipinski definition) is 3. The van der Waals surface area contributed by atoms with Crippen molar-refractivity contribution in [3.63, 3.8) is 0 Å². The van der Waals surface area contributed by atoms with Gasteiger partial charge in [0.15, 0.2) is 0 Å². The molecule has 0 spiro atoms. The van der Waals surface area contributed by atoms with Gasteiger partial charge < -0.3 is 10.2 Å². The predicted molar refractivity (Wildman–Crippen MR) is 88.9 cm³/mol. The van der Waals surface area contributed by atoms with Gasteiger partial charge in [0.25, 0.3) is 0 Å². The smallest absolute Gasteiger partial charge is 0.230 e.